The first-order valence-electron chi connectivity index (χ1n) is 13.0. The molecule has 5 rings (SSSR count). The van der Waals surface area contributed by atoms with Crippen LogP contribution in [-0.2, 0) is 19.4 Å². The highest BCUT2D eigenvalue weighted by Crippen LogP contribution is 2.31. The van der Waals surface area contributed by atoms with Crippen LogP contribution in [0.15, 0.2) is 72.8 Å². The van der Waals surface area contributed by atoms with E-state index in [1.54, 1.807) is 39.5 Å². The molecule has 0 saturated carbocycles. The summed E-state index contributed by atoms with van der Waals surface area (Å²) in [6.07, 6.45) is 0.985. The van der Waals surface area contributed by atoms with Gasteiger partial charge in [-0.1, -0.05) is 36.7 Å². The number of carbonyl (C=O) groups excluding carboxylic acids is 1. The number of hydrogen-bond acceptors (Lipinski definition) is 6. The maximum Gasteiger partial charge on any atom is 0.167 e. The Balaban J connectivity index is 1.47. The summed E-state index contributed by atoms with van der Waals surface area (Å²) in [5.74, 6) is 1.88. The van der Waals surface area contributed by atoms with Gasteiger partial charge < -0.3 is 14.2 Å². The van der Waals surface area contributed by atoms with Gasteiger partial charge in [-0.3, -0.25) is 4.79 Å². The number of ether oxygens (including phenoxy) is 3. The minimum absolute atomic E-state index is 0.0564. The first-order chi connectivity index (χ1) is 19.4. The predicted molar refractivity (Wildman–Crippen MR) is 157 cm³/mol. The average molecular weight is 556 g/mol. The van der Waals surface area contributed by atoms with Crippen LogP contribution in [0, 0.1) is 0 Å². The second-order valence-electron chi connectivity index (χ2n) is 9.39. The van der Waals surface area contributed by atoms with E-state index in [1.165, 1.54) is 0 Å². The van der Waals surface area contributed by atoms with Crippen molar-refractivity contribution in [3.8, 4) is 28.5 Å². The summed E-state index contributed by atoms with van der Waals surface area (Å²) in [7, 11) is 4.77. The third-order valence-corrected chi connectivity index (χ3v) is 7.17. The molecule has 0 N–H and O–H groups in total. The molecule has 5 aromatic rings. The molecule has 0 fully saturated rings. The molecule has 0 radical (unpaired) electrons. The number of pyridine rings is 1. The van der Waals surface area contributed by atoms with Gasteiger partial charge >= 0.3 is 0 Å². The maximum absolute atomic E-state index is 13.2. The van der Waals surface area contributed by atoms with Crippen molar-refractivity contribution in [2.75, 3.05) is 21.3 Å². The number of aryl methyl sites for hydroxylation is 1. The van der Waals surface area contributed by atoms with Crippen molar-refractivity contribution in [2.45, 2.75) is 26.3 Å². The van der Waals surface area contributed by atoms with Gasteiger partial charge in [0.25, 0.3) is 0 Å². The van der Waals surface area contributed by atoms with Crippen molar-refractivity contribution in [2.24, 2.45) is 0 Å². The lowest BCUT2D eigenvalue weighted by molar-refractivity contribution is 0.0992. The standard InChI is InChI=1S/C32H30ClN3O4/c1-5-29-26-11-13-30(34-32(26)36(35-29)19-20-6-9-23(38-2)10-7-20)27-14-21(8-12-28(27)33)15-31(37)22-16-24(39-3)18-25(17-22)40-4/h6-14,16-18H,5,15,19H2,1-4H3. The Morgan fingerprint density at radius 3 is 2.15 bits per heavy atom. The van der Waals surface area contributed by atoms with E-state index in [4.69, 9.17) is 35.9 Å². The molecule has 2 heterocycles. The first kappa shape index (κ1) is 27.2. The molecule has 0 aliphatic carbocycles. The molecular formula is C32H30ClN3O4. The minimum atomic E-state index is -0.0564. The van der Waals surface area contributed by atoms with Crippen molar-refractivity contribution in [3.05, 3.63) is 100 Å². The number of ketones is 1. The van der Waals surface area contributed by atoms with Crippen molar-refractivity contribution in [3.63, 3.8) is 0 Å². The molecule has 0 aliphatic rings. The Hall–Kier alpha value is -4.36. The summed E-state index contributed by atoms with van der Waals surface area (Å²) in [6, 6.07) is 22.7. The second kappa shape index (κ2) is 11.8. The minimum Gasteiger partial charge on any atom is -0.497 e. The Morgan fingerprint density at radius 1 is 0.825 bits per heavy atom. The molecule has 7 nitrogen and oxygen atoms in total. The Morgan fingerprint density at radius 2 is 1.50 bits per heavy atom. The topological polar surface area (TPSA) is 75.5 Å². The van der Waals surface area contributed by atoms with Gasteiger partial charge in [0.1, 0.15) is 17.2 Å². The molecule has 40 heavy (non-hydrogen) atoms. The largest absolute Gasteiger partial charge is 0.497 e. The molecule has 0 unspecified atom stereocenters. The summed E-state index contributed by atoms with van der Waals surface area (Å²) < 4.78 is 17.9. The molecule has 0 spiro atoms. The summed E-state index contributed by atoms with van der Waals surface area (Å²) in [6.45, 7) is 2.66. The monoisotopic (exact) mass is 555 g/mol. The van der Waals surface area contributed by atoms with Crippen molar-refractivity contribution in [1.29, 1.82) is 0 Å². The maximum atomic E-state index is 13.2. The highest BCUT2D eigenvalue weighted by Gasteiger charge is 2.16. The first-order valence-corrected chi connectivity index (χ1v) is 13.3. The number of aromatic nitrogens is 3. The lowest BCUT2D eigenvalue weighted by Gasteiger charge is -2.10. The Kier molecular flexibility index (Phi) is 8.03. The van der Waals surface area contributed by atoms with Crippen LogP contribution in [-0.4, -0.2) is 41.9 Å². The highest BCUT2D eigenvalue weighted by atomic mass is 35.5. The molecule has 0 saturated heterocycles. The van der Waals surface area contributed by atoms with Gasteiger partial charge in [-0.15, -0.1) is 0 Å². The number of halogens is 1. The van der Waals surface area contributed by atoms with Gasteiger partial charge in [0.15, 0.2) is 11.4 Å². The van der Waals surface area contributed by atoms with Crippen LogP contribution < -0.4 is 14.2 Å². The van der Waals surface area contributed by atoms with Gasteiger partial charge in [0.05, 0.1) is 39.3 Å². The number of methoxy groups -OCH3 is 3. The lowest BCUT2D eigenvalue weighted by atomic mass is 9.99. The van der Waals surface area contributed by atoms with Crippen LogP contribution in [0.2, 0.25) is 5.02 Å². The van der Waals surface area contributed by atoms with Crippen LogP contribution in [0.3, 0.4) is 0 Å². The van der Waals surface area contributed by atoms with Gasteiger partial charge in [0.2, 0.25) is 0 Å². The quantitative estimate of drug-likeness (QED) is 0.176. The van der Waals surface area contributed by atoms with Gasteiger partial charge in [-0.2, -0.15) is 5.10 Å². The predicted octanol–water partition coefficient (Wildman–Crippen LogP) is 6.81. The van der Waals surface area contributed by atoms with E-state index in [0.717, 1.165) is 45.6 Å². The van der Waals surface area contributed by atoms with E-state index in [2.05, 4.69) is 6.92 Å². The zero-order valence-corrected chi connectivity index (χ0v) is 23.7. The van der Waals surface area contributed by atoms with E-state index in [9.17, 15) is 4.79 Å². The van der Waals surface area contributed by atoms with Crippen LogP contribution in [0.5, 0.6) is 17.2 Å². The molecule has 204 valence electrons. The number of fused-ring (bicyclic) bond motifs is 1. The number of nitrogens with zero attached hydrogens (tertiary/aromatic N) is 3. The number of rotatable bonds is 10. The van der Waals surface area contributed by atoms with E-state index in [0.29, 0.717) is 34.3 Å². The lowest BCUT2D eigenvalue weighted by Crippen LogP contribution is -2.05. The number of carbonyl (C=O) groups is 1. The fourth-order valence-electron chi connectivity index (χ4n) is 4.68. The fourth-order valence-corrected chi connectivity index (χ4v) is 4.89. The van der Waals surface area contributed by atoms with Crippen LogP contribution >= 0.6 is 11.6 Å². The summed E-state index contributed by atoms with van der Waals surface area (Å²) in [5, 5.41) is 6.41. The molecule has 0 amide bonds. The molecule has 0 aliphatic heterocycles. The SMILES string of the molecule is CCc1nn(Cc2ccc(OC)cc2)c2nc(-c3cc(CC(=O)c4cc(OC)cc(OC)c4)ccc3Cl)ccc12. The number of Topliss-reactive ketones (excluding diaryl/α,β-unsaturated/α-hetero) is 1. The van der Waals surface area contributed by atoms with Crippen molar-refractivity contribution < 1.29 is 19.0 Å². The van der Waals surface area contributed by atoms with E-state index in [1.807, 2.05) is 59.3 Å². The smallest absolute Gasteiger partial charge is 0.167 e. The van der Waals surface area contributed by atoms with Crippen molar-refractivity contribution >= 4 is 28.4 Å². The molecule has 2 aromatic heterocycles. The van der Waals surface area contributed by atoms with Crippen LogP contribution in [0.1, 0.15) is 34.1 Å². The molecular weight excluding hydrogens is 526 g/mol. The molecule has 0 atom stereocenters. The van der Waals surface area contributed by atoms with Crippen molar-refractivity contribution in [1.82, 2.24) is 14.8 Å². The average Bonchev–Trinajstić information content (AvgIpc) is 3.34. The zero-order valence-electron chi connectivity index (χ0n) is 22.9. The fraction of sp³-hybridized carbons (Fsp3) is 0.219. The highest BCUT2D eigenvalue weighted by molar-refractivity contribution is 6.33. The number of hydrogen-bond donors (Lipinski definition) is 0. The normalized spacial score (nSPS) is 11.0. The molecule has 0 bridgehead atoms. The Labute approximate surface area is 238 Å². The molecule has 8 heteroatoms. The van der Waals surface area contributed by atoms with Gasteiger partial charge in [-0.05, 0) is 66.1 Å². The third-order valence-electron chi connectivity index (χ3n) is 6.84. The molecule has 3 aromatic carbocycles. The van der Waals surface area contributed by atoms with E-state index >= 15 is 0 Å². The second-order valence-corrected chi connectivity index (χ2v) is 9.80. The third kappa shape index (κ3) is 5.65. The zero-order chi connectivity index (χ0) is 28.2. The Bertz CT molecular complexity index is 1660. The summed E-state index contributed by atoms with van der Waals surface area (Å²) in [4.78, 5) is 18.2. The van der Waals surface area contributed by atoms with Crippen LogP contribution in [0.4, 0.5) is 0 Å². The van der Waals surface area contributed by atoms with Gasteiger partial charge in [0, 0.05) is 34.0 Å². The number of benzene rings is 3. The van der Waals surface area contributed by atoms with E-state index in [-0.39, 0.29) is 12.2 Å². The van der Waals surface area contributed by atoms with Gasteiger partial charge in [-0.25, -0.2) is 9.67 Å². The summed E-state index contributed by atoms with van der Waals surface area (Å²) in [5.41, 5.74) is 5.68. The summed E-state index contributed by atoms with van der Waals surface area (Å²) >= 11 is 6.65. The van der Waals surface area contributed by atoms with Crippen LogP contribution in [0.25, 0.3) is 22.3 Å². The van der Waals surface area contributed by atoms with E-state index < -0.39 is 0 Å².